The second kappa shape index (κ2) is 6.66. The van der Waals surface area contributed by atoms with Gasteiger partial charge in [-0.2, -0.15) is 0 Å². The average Bonchev–Trinajstić information content (AvgIpc) is 2.16. The molecule has 0 heteroatoms. The highest BCUT2D eigenvalue weighted by Crippen LogP contribution is 2.17. The average molecular weight is 204 g/mol. The standard InChI is InChI=1S/C15H24/c1-13-7-4-9-14(2)11-6-12-15(3)10-5-8-13/h4,7-8,10,14H,5-6,9,11-12H2,1-3H3. The van der Waals surface area contributed by atoms with Crippen LogP contribution in [0.1, 0.15) is 52.9 Å². The quantitative estimate of drug-likeness (QED) is 0.485. The van der Waals surface area contributed by atoms with E-state index in [4.69, 9.17) is 0 Å². The number of hydrogen-bond acceptors (Lipinski definition) is 0. The Hall–Kier alpha value is -0.780. The molecule has 1 unspecified atom stereocenters. The van der Waals surface area contributed by atoms with E-state index in [-0.39, 0.29) is 0 Å². The Kier molecular flexibility index (Phi) is 5.45. The highest BCUT2D eigenvalue weighted by molar-refractivity contribution is 5.18. The van der Waals surface area contributed by atoms with Crippen LogP contribution in [0.3, 0.4) is 0 Å². The Balaban J connectivity index is 2.63. The molecule has 0 amide bonds. The molecule has 84 valence electrons. The molecule has 0 saturated carbocycles. The number of rotatable bonds is 0. The molecule has 15 heavy (non-hydrogen) atoms. The predicted molar refractivity (Wildman–Crippen MR) is 68.9 cm³/mol. The molecule has 1 aliphatic rings. The van der Waals surface area contributed by atoms with Gasteiger partial charge in [-0.05, 0) is 45.4 Å². The SMILES string of the molecule is CC1=CCC=C(C)CCCC(C)CC=C1. The Bertz CT molecular complexity index is 266. The van der Waals surface area contributed by atoms with E-state index in [9.17, 15) is 0 Å². The van der Waals surface area contributed by atoms with Gasteiger partial charge in [0.1, 0.15) is 0 Å². The number of hydrogen-bond donors (Lipinski definition) is 0. The largest absolute Gasteiger partial charge is 0.0840 e. The molecule has 0 nitrogen and oxygen atoms in total. The van der Waals surface area contributed by atoms with Crippen LogP contribution in [0.15, 0.2) is 35.5 Å². The lowest BCUT2D eigenvalue weighted by Gasteiger charge is -2.09. The van der Waals surface area contributed by atoms with Crippen LogP contribution in [-0.4, -0.2) is 0 Å². The van der Waals surface area contributed by atoms with Crippen molar-refractivity contribution in [1.29, 1.82) is 0 Å². The summed E-state index contributed by atoms with van der Waals surface area (Å²) >= 11 is 0. The van der Waals surface area contributed by atoms with Crippen molar-refractivity contribution in [3.8, 4) is 0 Å². The van der Waals surface area contributed by atoms with Crippen LogP contribution in [0.5, 0.6) is 0 Å². The molecule has 0 aliphatic heterocycles. The van der Waals surface area contributed by atoms with E-state index in [0.717, 1.165) is 12.3 Å². The molecule has 1 rings (SSSR count). The summed E-state index contributed by atoms with van der Waals surface area (Å²) in [6.45, 7) is 6.81. The summed E-state index contributed by atoms with van der Waals surface area (Å²) in [5.41, 5.74) is 2.95. The van der Waals surface area contributed by atoms with Gasteiger partial charge in [0.15, 0.2) is 0 Å². The molecule has 0 N–H and O–H groups in total. The molecule has 0 saturated heterocycles. The van der Waals surface area contributed by atoms with Crippen molar-refractivity contribution in [3.63, 3.8) is 0 Å². The van der Waals surface area contributed by atoms with Crippen LogP contribution in [-0.2, 0) is 0 Å². The summed E-state index contributed by atoms with van der Waals surface area (Å²) < 4.78 is 0. The van der Waals surface area contributed by atoms with Crippen molar-refractivity contribution in [2.45, 2.75) is 52.9 Å². The third-order valence-corrected chi connectivity index (χ3v) is 3.09. The summed E-state index contributed by atoms with van der Waals surface area (Å²) in [4.78, 5) is 0. The minimum Gasteiger partial charge on any atom is -0.0840 e. The lowest BCUT2D eigenvalue weighted by atomic mass is 9.97. The molecule has 0 bridgehead atoms. The van der Waals surface area contributed by atoms with Gasteiger partial charge in [0, 0.05) is 0 Å². The Morgan fingerprint density at radius 3 is 2.80 bits per heavy atom. The zero-order chi connectivity index (χ0) is 11.1. The maximum Gasteiger partial charge on any atom is -0.0161 e. The Labute approximate surface area is 94.8 Å². The molecule has 1 atom stereocenters. The fraction of sp³-hybridized carbons (Fsp3) is 0.600. The van der Waals surface area contributed by atoms with Gasteiger partial charge >= 0.3 is 0 Å². The molecule has 0 radical (unpaired) electrons. The van der Waals surface area contributed by atoms with Crippen LogP contribution >= 0.6 is 0 Å². The fourth-order valence-corrected chi connectivity index (χ4v) is 1.95. The van der Waals surface area contributed by atoms with Gasteiger partial charge in [0.2, 0.25) is 0 Å². The second-order valence-corrected chi connectivity index (χ2v) is 4.87. The van der Waals surface area contributed by atoms with Crippen LogP contribution in [0.2, 0.25) is 0 Å². The maximum atomic E-state index is 2.36. The lowest BCUT2D eigenvalue weighted by molar-refractivity contribution is 0.515. The first-order chi connectivity index (χ1) is 7.18. The van der Waals surface area contributed by atoms with Crippen molar-refractivity contribution in [2.24, 2.45) is 5.92 Å². The third kappa shape index (κ3) is 5.61. The van der Waals surface area contributed by atoms with Gasteiger partial charge in [-0.1, -0.05) is 48.8 Å². The summed E-state index contributed by atoms with van der Waals surface area (Å²) in [5, 5.41) is 0. The predicted octanol–water partition coefficient (Wildman–Crippen LogP) is 5.04. The molecule has 0 aromatic carbocycles. The summed E-state index contributed by atoms with van der Waals surface area (Å²) in [5.74, 6) is 0.835. The van der Waals surface area contributed by atoms with Crippen LogP contribution in [0.25, 0.3) is 0 Å². The van der Waals surface area contributed by atoms with E-state index in [1.807, 2.05) is 0 Å². The molecular weight excluding hydrogens is 180 g/mol. The van der Waals surface area contributed by atoms with Gasteiger partial charge in [0.25, 0.3) is 0 Å². The van der Waals surface area contributed by atoms with Crippen molar-refractivity contribution in [3.05, 3.63) is 35.5 Å². The molecule has 0 fully saturated rings. The van der Waals surface area contributed by atoms with Crippen LogP contribution in [0, 0.1) is 5.92 Å². The lowest BCUT2D eigenvalue weighted by Crippen LogP contribution is -1.93. The molecule has 1 aliphatic carbocycles. The van der Waals surface area contributed by atoms with Crippen LogP contribution in [0.4, 0.5) is 0 Å². The summed E-state index contributed by atoms with van der Waals surface area (Å²) in [6.07, 6.45) is 15.6. The normalized spacial score (nSPS) is 24.9. The summed E-state index contributed by atoms with van der Waals surface area (Å²) in [7, 11) is 0. The minimum atomic E-state index is 0.835. The van der Waals surface area contributed by atoms with Crippen molar-refractivity contribution in [1.82, 2.24) is 0 Å². The first-order valence-corrected chi connectivity index (χ1v) is 6.17. The first-order valence-electron chi connectivity index (χ1n) is 6.17. The monoisotopic (exact) mass is 204 g/mol. The molecular formula is C15H24. The minimum absolute atomic E-state index is 0.835. The van der Waals surface area contributed by atoms with E-state index in [0.29, 0.717) is 0 Å². The van der Waals surface area contributed by atoms with Crippen molar-refractivity contribution in [2.75, 3.05) is 0 Å². The van der Waals surface area contributed by atoms with Gasteiger partial charge in [-0.25, -0.2) is 0 Å². The Morgan fingerprint density at radius 2 is 2.00 bits per heavy atom. The van der Waals surface area contributed by atoms with Crippen molar-refractivity contribution < 1.29 is 0 Å². The second-order valence-electron chi connectivity index (χ2n) is 4.87. The van der Waals surface area contributed by atoms with Gasteiger partial charge in [0.05, 0.1) is 0 Å². The van der Waals surface area contributed by atoms with E-state index in [1.165, 1.54) is 31.3 Å². The van der Waals surface area contributed by atoms with E-state index in [2.05, 4.69) is 45.1 Å². The maximum absolute atomic E-state index is 2.36. The van der Waals surface area contributed by atoms with Gasteiger partial charge < -0.3 is 0 Å². The zero-order valence-electron chi connectivity index (χ0n) is 10.4. The van der Waals surface area contributed by atoms with Gasteiger partial charge in [-0.15, -0.1) is 0 Å². The molecule has 0 heterocycles. The van der Waals surface area contributed by atoms with Crippen LogP contribution < -0.4 is 0 Å². The van der Waals surface area contributed by atoms with E-state index >= 15 is 0 Å². The van der Waals surface area contributed by atoms with Gasteiger partial charge in [-0.3, -0.25) is 0 Å². The first kappa shape index (κ1) is 12.3. The highest BCUT2D eigenvalue weighted by atomic mass is 14.1. The zero-order valence-corrected chi connectivity index (χ0v) is 10.4. The van der Waals surface area contributed by atoms with Crippen molar-refractivity contribution >= 4 is 0 Å². The molecule has 0 spiro atoms. The summed E-state index contributed by atoms with van der Waals surface area (Å²) in [6, 6.07) is 0. The topological polar surface area (TPSA) is 0 Å². The molecule has 0 aromatic rings. The fourth-order valence-electron chi connectivity index (χ4n) is 1.95. The smallest absolute Gasteiger partial charge is 0.0161 e. The van der Waals surface area contributed by atoms with E-state index < -0.39 is 0 Å². The molecule has 0 aromatic heterocycles. The Morgan fingerprint density at radius 1 is 1.20 bits per heavy atom. The number of allylic oxidation sites excluding steroid dienone is 6. The third-order valence-electron chi connectivity index (χ3n) is 3.09. The highest BCUT2D eigenvalue weighted by Gasteiger charge is 2.00. The van der Waals surface area contributed by atoms with E-state index in [1.54, 1.807) is 5.57 Å².